The molecule has 4 N–H and O–H groups in total. The molecule has 1 saturated heterocycles. The molecule has 1 amide bonds. The number of esters is 1. The fourth-order valence-corrected chi connectivity index (χ4v) is 5.46. The Labute approximate surface area is 245 Å². The van der Waals surface area contributed by atoms with Gasteiger partial charge in [0.15, 0.2) is 16.6 Å². The zero-order chi connectivity index (χ0) is 30.2. The van der Waals surface area contributed by atoms with Crippen LogP contribution in [0.2, 0.25) is 0 Å². The molecule has 13 nitrogen and oxygen atoms in total. The summed E-state index contributed by atoms with van der Waals surface area (Å²) in [5.41, 5.74) is 8.01. The average Bonchev–Trinajstić information content (AvgIpc) is 3.65. The Bertz CT molecular complexity index is 1640. The van der Waals surface area contributed by atoms with Crippen molar-refractivity contribution in [3.05, 3.63) is 35.9 Å². The Morgan fingerprint density at radius 3 is 2.40 bits per heavy atom. The number of rotatable bonds is 9. The molecule has 2 aromatic carbocycles. The molecule has 3 heterocycles. The lowest BCUT2D eigenvalue weighted by Gasteiger charge is -2.23. The van der Waals surface area contributed by atoms with Crippen LogP contribution in [0.5, 0.6) is 17.2 Å². The molecule has 42 heavy (non-hydrogen) atoms. The lowest BCUT2D eigenvalue weighted by Crippen LogP contribution is -2.36. The molecule has 1 unspecified atom stereocenters. The van der Waals surface area contributed by atoms with Crippen LogP contribution < -0.4 is 30.6 Å². The summed E-state index contributed by atoms with van der Waals surface area (Å²) in [5, 5.41) is 10.7. The smallest absolute Gasteiger partial charge is 0.307 e. The molecule has 0 radical (unpaired) electrons. The second kappa shape index (κ2) is 11.2. The highest BCUT2D eigenvalue weighted by Gasteiger charge is 2.46. The topological polar surface area (TPSA) is 173 Å². The van der Waals surface area contributed by atoms with Crippen molar-refractivity contribution in [3.8, 4) is 39.4 Å². The second-order valence-corrected chi connectivity index (χ2v) is 11.0. The molecule has 0 saturated carbocycles. The van der Waals surface area contributed by atoms with Crippen LogP contribution in [0.15, 0.2) is 34.9 Å². The first kappa shape index (κ1) is 28.7. The number of anilines is 4. The van der Waals surface area contributed by atoms with Crippen molar-refractivity contribution >= 4 is 45.5 Å². The maximum absolute atomic E-state index is 12.9. The fourth-order valence-electron chi connectivity index (χ4n) is 4.64. The average molecular weight is 595 g/mol. The van der Waals surface area contributed by atoms with Gasteiger partial charge in [-0.25, -0.2) is 4.98 Å². The monoisotopic (exact) mass is 594 g/mol. The van der Waals surface area contributed by atoms with Crippen LogP contribution in [0.25, 0.3) is 22.2 Å². The minimum absolute atomic E-state index is 0.0262. The largest absolute Gasteiger partial charge is 0.493 e. The maximum atomic E-state index is 12.9. The molecule has 1 aliphatic heterocycles. The van der Waals surface area contributed by atoms with E-state index in [2.05, 4.69) is 25.8 Å². The number of cyclic esters (lactones) is 1. The normalized spacial score (nSPS) is 15.7. The van der Waals surface area contributed by atoms with Crippen molar-refractivity contribution < 1.29 is 33.1 Å². The van der Waals surface area contributed by atoms with Gasteiger partial charge in [-0.15, -0.1) is 0 Å². The highest BCUT2D eigenvalue weighted by atomic mass is 32.1. The molecular weight excluding hydrogens is 564 g/mol. The van der Waals surface area contributed by atoms with E-state index in [1.165, 1.54) is 32.7 Å². The zero-order valence-corrected chi connectivity index (χ0v) is 24.7. The summed E-state index contributed by atoms with van der Waals surface area (Å²) in [6, 6.07) is 8.85. The third kappa shape index (κ3) is 5.52. The molecule has 4 aromatic rings. The standard InChI is InChI=1S/C28H30N6O7S/c1-13-7-8-14(30-25(36)17-12-20(35)40-28(17,2)3)9-16(13)24-33-26(41-34-24)22-23(29)32-27(42-22)31-15-10-18(37-4)21(39-6)19(11-15)38-5/h7-11,17H,12,29H2,1-6H3,(H,30,36)(H,31,32). The number of hydrogen-bond acceptors (Lipinski definition) is 13. The van der Waals surface area contributed by atoms with Crippen LogP contribution in [0.3, 0.4) is 0 Å². The van der Waals surface area contributed by atoms with Gasteiger partial charge in [-0.2, -0.15) is 4.98 Å². The number of aryl methyl sites for hydroxylation is 1. The molecular formula is C28H30N6O7S. The first-order valence-corrected chi connectivity index (χ1v) is 13.7. The number of nitrogens with zero attached hydrogens (tertiary/aromatic N) is 3. The molecule has 1 atom stereocenters. The highest BCUT2D eigenvalue weighted by Crippen LogP contribution is 2.42. The van der Waals surface area contributed by atoms with E-state index < -0.39 is 17.5 Å². The van der Waals surface area contributed by atoms with Crippen LogP contribution >= 0.6 is 11.3 Å². The third-order valence-corrected chi connectivity index (χ3v) is 7.81. The summed E-state index contributed by atoms with van der Waals surface area (Å²) >= 11 is 1.23. The van der Waals surface area contributed by atoms with E-state index in [-0.39, 0.29) is 24.0 Å². The van der Waals surface area contributed by atoms with Gasteiger partial charge in [0.25, 0.3) is 5.89 Å². The molecule has 220 valence electrons. The van der Waals surface area contributed by atoms with Gasteiger partial charge >= 0.3 is 5.97 Å². The Hall–Kier alpha value is -4.85. The summed E-state index contributed by atoms with van der Waals surface area (Å²) in [6.07, 6.45) is 0.0262. The van der Waals surface area contributed by atoms with E-state index in [1.54, 1.807) is 38.1 Å². The zero-order valence-electron chi connectivity index (χ0n) is 23.9. The van der Waals surface area contributed by atoms with Crippen molar-refractivity contribution in [1.82, 2.24) is 15.1 Å². The predicted octanol–water partition coefficient (Wildman–Crippen LogP) is 4.80. The number of nitrogens with one attached hydrogen (secondary N) is 2. The highest BCUT2D eigenvalue weighted by molar-refractivity contribution is 7.19. The van der Waals surface area contributed by atoms with Gasteiger partial charge in [0, 0.05) is 29.1 Å². The van der Waals surface area contributed by atoms with Gasteiger partial charge in [-0.1, -0.05) is 22.6 Å². The number of nitrogen functional groups attached to an aromatic ring is 1. The fraction of sp³-hybridized carbons (Fsp3) is 0.321. The number of amides is 1. The summed E-state index contributed by atoms with van der Waals surface area (Å²) in [6.45, 7) is 5.34. The SMILES string of the molecule is COc1cc(Nc2nc(N)c(-c3nc(-c4cc(NC(=O)C5CC(=O)OC5(C)C)ccc4C)no3)s2)cc(OC)c1OC. The van der Waals surface area contributed by atoms with Gasteiger partial charge in [0.05, 0.1) is 33.7 Å². The molecule has 1 fully saturated rings. The number of hydrogen-bond donors (Lipinski definition) is 3. The lowest BCUT2D eigenvalue weighted by atomic mass is 9.90. The molecule has 1 aliphatic rings. The summed E-state index contributed by atoms with van der Waals surface area (Å²) in [4.78, 5) is 34.1. The Morgan fingerprint density at radius 1 is 1.07 bits per heavy atom. The van der Waals surface area contributed by atoms with Crippen molar-refractivity contribution in [3.63, 3.8) is 0 Å². The number of aromatic nitrogens is 3. The van der Waals surface area contributed by atoms with Gasteiger partial charge < -0.3 is 39.8 Å². The molecule has 14 heteroatoms. The molecule has 0 aliphatic carbocycles. The van der Waals surface area contributed by atoms with Crippen molar-refractivity contribution in [2.45, 2.75) is 32.8 Å². The van der Waals surface area contributed by atoms with E-state index in [9.17, 15) is 9.59 Å². The third-order valence-electron chi connectivity index (χ3n) is 6.84. The first-order valence-electron chi connectivity index (χ1n) is 12.8. The number of carbonyl (C=O) groups is 2. The molecule has 0 spiro atoms. The van der Waals surface area contributed by atoms with Gasteiger partial charge in [0.1, 0.15) is 16.3 Å². The maximum Gasteiger partial charge on any atom is 0.307 e. The minimum Gasteiger partial charge on any atom is -0.493 e. The Balaban J connectivity index is 1.36. The van der Waals surface area contributed by atoms with Crippen LogP contribution in [-0.2, 0) is 14.3 Å². The molecule has 0 bridgehead atoms. The number of thiazole rings is 1. The second-order valence-electron chi connectivity index (χ2n) is 10.0. The van der Waals surface area contributed by atoms with Gasteiger partial charge in [0.2, 0.25) is 17.5 Å². The summed E-state index contributed by atoms with van der Waals surface area (Å²) < 4.78 is 27.0. The van der Waals surface area contributed by atoms with Crippen LogP contribution in [-0.4, -0.2) is 53.9 Å². The molecule has 2 aromatic heterocycles. The van der Waals surface area contributed by atoms with E-state index in [4.69, 9.17) is 29.2 Å². The quantitative estimate of drug-likeness (QED) is 0.226. The number of methoxy groups -OCH3 is 3. The minimum atomic E-state index is -0.884. The van der Waals surface area contributed by atoms with Crippen LogP contribution in [0.1, 0.15) is 25.8 Å². The van der Waals surface area contributed by atoms with Crippen molar-refractivity contribution in [1.29, 1.82) is 0 Å². The number of benzene rings is 2. The Kier molecular flexibility index (Phi) is 7.65. The van der Waals surface area contributed by atoms with Crippen LogP contribution in [0, 0.1) is 12.8 Å². The number of carbonyl (C=O) groups excluding carboxylic acids is 2. The summed E-state index contributed by atoms with van der Waals surface area (Å²) in [5.74, 6) is 0.824. The van der Waals surface area contributed by atoms with E-state index in [0.29, 0.717) is 50.0 Å². The molecule has 5 rings (SSSR count). The number of nitrogens with two attached hydrogens (primary N) is 1. The lowest BCUT2D eigenvalue weighted by molar-refractivity contribution is -0.147. The summed E-state index contributed by atoms with van der Waals surface area (Å²) in [7, 11) is 4.60. The first-order chi connectivity index (χ1) is 20.0. The van der Waals surface area contributed by atoms with Crippen molar-refractivity contribution in [2.24, 2.45) is 5.92 Å². The van der Waals surface area contributed by atoms with Crippen LogP contribution in [0.4, 0.5) is 22.3 Å². The number of ether oxygens (including phenoxy) is 4. The van der Waals surface area contributed by atoms with Gasteiger partial charge in [-0.05, 0) is 38.5 Å². The predicted molar refractivity (Wildman–Crippen MR) is 156 cm³/mol. The van der Waals surface area contributed by atoms with E-state index in [1.807, 2.05) is 13.0 Å². The van der Waals surface area contributed by atoms with Crippen molar-refractivity contribution in [2.75, 3.05) is 37.7 Å². The van der Waals surface area contributed by atoms with E-state index in [0.717, 1.165) is 5.56 Å². The Morgan fingerprint density at radius 2 is 1.79 bits per heavy atom. The van der Waals surface area contributed by atoms with Gasteiger partial charge in [-0.3, -0.25) is 9.59 Å². The van der Waals surface area contributed by atoms with E-state index >= 15 is 0 Å².